The zero-order chi connectivity index (χ0) is 6.69. The quantitative estimate of drug-likeness (QED) is 0.602. The van der Waals surface area contributed by atoms with Crippen LogP contribution in [-0.2, 0) is 6.67 Å². The molecule has 0 radical (unpaired) electrons. The second-order valence-corrected chi connectivity index (χ2v) is 1.87. The topological polar surface area (TPSA) is 25.8 Å². The number of alkyl halides is 1. The highest BCUT2D eigenvalue weighted by Crippen LogP contribution is 2.02. The van der Waals surface area contributed by atoms with E-state index in [1.807, 2.05) is 0 Å². The van der Waals surface area contributed by atoms with Crippen LogP contribution in [-0.4, -0.2) is 10.2 Å². The molecular weight excluding hydrogens is 143 g/mol. The summed E-state index contributed by atoms with van der Waals surface area (Å²) in [5.41, 5.74) is 0.305. The van der Waals surface area contributed by atoms with Gasteiger partial charge in [-0.2, -0.15) is 5.10 Å². The molecule has 1 aromatic heterocycles. The summed E-state index contributed by atoms with van der Waals surface area (Å²) in [6, 6.07) is 3.00. The number of nitrogens with zero attached hydrogens (tertiary/aromatic N) is 2. The molecule has 4 heteroatoms. The lowest BCUT2D eigenvalue weighted by atomic mass is 10.4. The van der Waals surface area contributed by atoms with Gasteiger partial charge in [0.15, 0.2) is 5.15 Å². The summed E-state index contributed by atoms with van der Waals surface area (Å²) in [6.45, 7) is -0.593. The van der Waals surface area contributed by atoms with E-state index in [9.17, 15) is 4.39 Å². The molecule has 0 atom stereocenters. The first kappa shape index (κ1) is 6.42. The molecule has 0 aliphatic rings. The molecule has 0 aliphatic heterocycles. The first-order valence-corrected chi connectivity index (χ1v) is 2.75. The Bertz CT molecular complexity index is 187. The third kappa shape index (κ3) is 1.61. The molecule has 0 N–H and O–H groups in total. The highest BCUT2D eigenvalue weighted by atomic mass is 35.5. The third-order valence-corrected chi connectivity index (χ3v) is 1.03. The molecular formula is C5H4ClFN2. The molecule has 0 aliphatic carbocycles. The number of halogens is 2. The van der Waals surface area contributed by atoms with Crippen molar-refractivity contribution in [1.82, 2.24) is 10.2 Å². The van der Waals surface area contributed by atoms with Crippen molar-refractivity contribution in [2.45, 2.75) is 6.67 Å². The molecule has 1 rings (SSSR count). The smallest absolute Gasteiger partial charge is 0.151 e. The minimum absolute atomic E-state index is 0.284. The Labute approximate surface area is 56.7 Å². The lowest BCUT2D eigenvalue weighted by Crippen LogP contribution is -1.87. The molecule has 2 nitrogen and oxygen atoms in total. The van der Waals surface area contributed by atoms with Crippen molar-refractivity contribution in [3.63, 3.8) is 0 Å². The van der Waals surface area contributed by atoms with Gasteiger partial charge in [-0.15, -0.1) is 5.10 Å². The first-order valence-electron chi connectivity index (χ1n) is 2.37. The SMILES string of the molecule is FCc1ccc(Cl)nn1. The standard InChI is InChI=1S/C5H4ClFN2/c6-5-2-1-4(3-7)8-9-5/h1-2H,3H2. The predicted octanol–water partition coefficient (Wildman–Crippen LogP) is 1.60. The van der Waals surface area contributed by atoms with Gasteiger partial charge in [-0.25, -0.2) is 4.39 Å². The summed E-state index contributed by atoms with van der Waals surface area (Å²) in [4.78, 5) is 0. The van der Waals surface area contributed by atoms with E-state index in [0.717, 1.165) is 0 Å². The second-order valence-electron chi connectivity index (χ2n) is 1.48. The molecule has 0 unspecified atom stereocenters. The van der Waals surface area contributed by atoms with E-state index >= 15 is 0 Å². The average Bonchev–Trinajstić information content (AvgIpc) is 1.90. The molecule has 1 heterocycles. The molecule has 0 saturated heterocycles. The Morgan fingerprint density at radius 1 is 1.44 bits per heavy atom. The van der Waals surface area contributed by atoms with E-state index in [2.05, 4.69) is 10.2 Å². The van der Waals surface area contributed by atoms with Crippen molar-refractivity contribution in [2.75, 3.05) is 0 Å². The average molecular weight is 147 g/mol. The molecule has 1 aromatic rings. The summed E-state index contributed by atoms with van der Waals surface area (Å²) in [6.07, 6.45) is 0. The lowest BCUT2D eigenvalue weighted by Gasteiger charge is -1.88. The van der Waals surface area contributed by atoms with E-state index in [1.54, 1.807) is 0 Å². The van der Waals surface area contributed by atoms with Crippen LogP contribution in [0.5, 0.6) is 0 Å². The minimum Gasteiger partial charge on any atom is -0.244 e. The van der Waals surface area contributed by atoms with Gasteiger partial charge in [0.05, 0.1) is 5.69 Å². The molecule has 0 saturated carbocycles. The summed E-state index contributed by atoms with van der Waals surface area (Å²) >= 11 is 5.37. The highest BCUT2D eigenvalue weighted by molar-refractivity contribution is 6.29. The number of hydrogen-bond acceptors (Lipinski definition) is 2. The van der Waals surface area contributed by atoms with E-state index in [4.69, 9.17) is 11.6 Å². The zero-order valence-electron chi connectivity index (χ0n) is 4.51. The van der Waals surface area contributed by atoms with Gasteiger partial charge in [0.2, 0.25) is 0 Å². The molecule has 0 amide bonds. The Morgan fingerprint density at radius 2 is 2.22 bits per heavy atom. The fourth-order valence-corrected chi connectivity index (χ4v) is 0.516. The molecule has 0 spiro atoms. The Morgan fingerprint density at radius 3 is 2.67 bits per heavy atom. The summed E-state index contributed by atoms with van der Waals surface area (Å²) in [7, 11) is 0. The van der Waals surface area contributed by atoms with Crippen molar-refractivity contribution in [3.8, 4) is 0 Å². The molecule has 48 valence electrons. The maximum absolute atomic E-state index is 11.7. The normalized spacial score (nSPS) is 9.56. The van der Waals surface area contributed by atoms with Gasteiger partial charge in [-0.05, 0) is 12.1 Å². The molecule has 0 aromatic carbocycles. The van der Waals surface area contributed by atoms with Gasteiger partial charge in [-0.1, -0.05) is 11.6 Å². The summed E-state index contributed by atoms with van der Waals surface area (Å²) < 4.78 is 11.7. The van der Waals surface area contributed by atoms with Crippen LogP contribution >= 0.6 is 11.6 Å². The van der Waals surface area contributed by atoms with Gasteiger partial charge >= 0.3 is 0 Å². The van der Waals surface area contributed by atoms with E-state index in [1.165, 1.54) is 12.1 Å². The van der Waals surface area contributed by atoms with Crippen molar-refractivity contribution < 1.29 is 4.39 Å². The summed E-state index contributed by atoms with van der Waals surface area (Å²) in [5.74, 6) is 0. The van der Waals surface area contributed by atoms with Crippen molar-refractivity contribution in [1.29, 1.82) is 0 Å². The van der Waals surface area contributed by atoms with Crippen LogP contribution in [0.25, 0.3) is 0 Å². The van der Waals surface area contributed by atoms with Crippen molar-refractivity contribution in [2.24, 2.45) is 0 Å². The van der Waals surface area contributed by atoms with Crippen LogP contribution in [0.4, 0.5) is 4.39 Å². The predicted molar refractivity (Wildman–Crippen MR) is 31.9 cm³/mol. The molecule has 9 heavy (non-hydrogen) atoms. The number of aromatic nitrogens is 2. The fraction of sp³-hybridized carbons (Fsp3) is 0.200. The fourth-order valence-electron chi connectivity index (χ4n) is 0.415. The van der Waals surface area contributed by atoms with Crippen LogP contribution in [0.3, 0.4) is 0 Å². The molecule has 0 bridgehead atoms. The maximum Gasteiger partial charge on any atom is 0.151 e. The highest BCUT2D eigenvalue weighted by Gasteiger charge is 1.91. The second kappa shape index (κ2) is 2.73. The number of rotatable bonds is 1. The Hall–Kier alpha value is -0.700. The van der Waals surface area contributed by atoms with Gasteiger partial charge in [0.25, 0.3) is 0 Å². The lowest BCUT2D eigenvalue weighted by molar-refractivity contribution is 0.472. The van der Waals surface area contributed by atoms with E-state index in [0.29, 0.717) is 5.69 Å². The minimum atomic E-state index is -0.593. The van der Waals surface area contributed by atoms with Crippen LogP contribution in [0.15, 0.2) is 12.1 Å². The van der Waals surface area contributed by atoms with Crippen LogP contribution < -0.4 is 0 Å². The van der Waals surface area contributed by atoms with Crippen LogP contribution in [0.2, 0.25) is 5.15 Å². The van der Waals surface area contributed by atoms with Gasteiger partial charge in [0.1, 0.15) is 6.67 Å². The first-order chi connectivity index (χ1) is 4.33. The van der Waals surface area contributed by atoms with E-state index in [-0.39, 0.29) is 5.15 Å². The van der Waals surface area contributed by atoms with Crippen LogP contribution in [0.1, 0.15) is 5.69 Å². The summed E-state index contributed by atoms with van der Waals surface area (Å²) in [5, 5.41) is 7.15. The third-order valence-electron chi connectivity index (χ3n) is 0.824. The Kier molecular flexibility index (Phi) is 1.95. The van der Waals surface area contributed by atoms with E-state index < -0.39 is 6.67 Å². The van der Waals surface area contributed by atoms with Crippen molar-refractivity contribution >= 4 is 11.6 Å². The van der Waals surface area contributed by atoms with Gasteiger partial charge in [-0.3, -0.25) is 0 Å². The van der Waals surface area contributed by atoms with Gasteiger partial charge in [0, 0.05) is 0 Å². The van der Waals surface area contributed by atoms with Gasteiger partial charge < -0.3 is 0 Å². The Balaban J connectivity index is 2.88. The van der Waals surface area contributed by atoms with Crippen molar-refractivity contribution in [3.05, 3.63) is 23.0 Å². The maximum atomic E-state index is 11.7. The largest absolute Gasteiger partial charge is 0.244 e. The monoisotopic (exact) mass is 146 g/mol. The molecule has 0 fully saturated rings. The number of hydrogen-bond donors (Lipinski definition) is 0. The zero-order valence-corrected chi connectivity index (χ0v) is 5.27. The van der Waals surface area contributed by atoms with Crippen LogP contribution in [0, 0.1) is 0 Å².